The molecular formula is C23H28ClN3O3S. The van der Waals surface area contributed by atoms with Gasteiger partial charge in [-0.05, 0) is 55.7 Å². The van der Waals surface area contributed by atoms with Gasteiger partial charge in [0.05, 0.1) is 15.5 Å². The van der Waals surface area contributed by atoms with Crippen LogP contribution in [0.5, 0.6) is 0 Å². The van der Waals surface area contributed by atoms with Crippen LogP contribution >= 0.6 is 22.9 Å². The molecule has 1 aromatic carbocycles. The van der Waals surface area contributed by atoms with Crippen molar-refractivity contribution >= 4 is 40.7 Å². The summed E-state index contributed by atoms with van der Waals surface area (Å²) in [6, 6.07) is 9.80. The van der Waals surface area contributed by atoms with Gasteiger partial charge in [-0.15, -0.1) is 11.3 Å². The van der Waals surface area contributed by atoms with E-state index in [1.165, 1.54) is 11.3 Å². The summed E-state index contributed by atoms with van der Waals surface area (Å²) in [7, 11) is 0. The normalized spacial score (nSPS) is 16.4. The van der Waals surface area contributed by atoms with Crippen molar-refractivity contribution in [1.82, 2.24) is 15.5 Å². The van der Waals surface area contributed by atoms with E-state index in [0.29, 0.717) is 36.5 Å². The van der Waals surface area contributed by atoms with Gasteiger partial charge in [-0.25, -0.2) is 0 Å². The van der Waals surface area contributed by atoms with Crippen molar-refractivity contribution in [1.29, 1.82) is 0 Å². The number of carbonyl (C=O) groups excluding carboxylic acids is 3. The first-order valence-corrected chi connectivity index (χ1v) is 11.8. The maximum Gasteiger partial charge on any atom is 0.263 e. The molecule has 0 unspecified atom stereocenters. The number of benzene rings is 1. The Morgan fingerprint density at radius 2 is 1.84 bits per heavy atom. The second-order valence-corrected chi connectivity index (χ2v) is 9.21. The average Bonchev–Trinajstić information content (AvgIpc) is 3.32. The third-order valence-electron chi connectivity index (χ3n) is 5.72. The van der Waals surface area contributed by atoms with Gasteiger partial charge in [-0.3, -0.25) is 14.4 Å². The summed E-state index contributed by atoms with van der Waals surface area (Å²) in [6.07, 6.45) is 2.07. The first-order chi connectivity index (χ1) is 14.9. The van der Waals surface area contributed by atoms with E-state index in [4.69, 9.17) is 11.6 Å². The minimum atomic E-state index is -0.684. The molecule has 2 N–H and O–H groups in total. The molecule has 166 valence electrons. The Labute approximate surface area is 192 Å². The molecule has 1 saturated heterocycles. The van der Waals surface area contributed by atoms with E-state index < -0.39 is 6.04 Å². The summed E-state index contributed by atoms with van der Waals surface area (Å²) in [5.74, 6) is -0.609. The Hall–Kier alpha value is -2.38. The number of likely N-dealkylation sites (tertiary alicyclic amines) is 1. The second kappa shape index (κ2) is 10.8. The Morgan fingerprint density at radius 3 is 2.45 bits per heavy atom. The predicted octanol–water partition coefficient (Wildman–Crippen LogP) is 3.97. The van der Waals surface area contributed by atoms with Crippen LogP contribution in [-0.4, -0.2) is 47.8 Å². The van der Waals surface area contributed by atoms with Gasteiger partial charge in [0.25, 0.3) is 11.8 Å². The lowest BCUT2D eigenvalue weighted by molar-refractivity contribution is -0.125. The lowest BCUT2D eigenvalue weighted by atomic mass is 9.88. The van der Waals surface area contributed by atoms with Crippen LogP contribution in [0.2, 0.25) is 5.02 Å². The van der Waals surface area contributed by atoms with Gasteiger partial charge in [0.2, 0.25) is 5.91 Å². The van der Waals surface area contributed by atoms with Gasteiger partial charge in [0.1, 0.15) is 6.04 Å². The summed E-state index contributed by atoms with van der Waals surface area (Å²) in [6.45, 7) is 5.04. The fraction of sp³-hybridized carbons (Fsp3) is 0.435. The molecular weight excluding hydrogens is 434 g/mol. The monoisotopic (exact) mass is 461 g/mol. The number of carbonyl (C=O) groups is 3. The van der Waals surface area contributed by atoms with Gasteiger partial charge < -0.3 is 15.5 Å². The van der Waals surface area contributed by atoms with Crippen LogP contribution in [0.15, 0.2) is 41.8 Å². The number of hydrogen-bond donors (Lipinski definition) is 2. The molecule has 0 bridgehead atoms. The number of rotatable bonds is 7. The third kappa shape index (κ3) is 5.86. The quantitative estimate of drug-likeness (QED) is 0.654. The topological polar surface area (TPSA) is 78.5 Å². The molecule has 0 saturated carbocycles. The zero-order valence-corrected chi connectivity index (χ0v) is 19.3. The lowest BCUT2D eigenvalue weighted by Crippen LogP contribution is -2.55. The van der Waals surface area contributed by atoms with E-state index in [1.807, 2.05) is 36.3 Å². The van der Waals surface area contributed by atoms with Crippen LogP contribution in [0.3, 0.4) is 0 Å². The predicted molar refractivity (Wildman–Crippen MR) is 124 cm³/mol. The van der Waals surface area contributed by atoms with E-state index >= 15 is 0 Å². The molecule has 2 atom stereocenters. The minimum Gasteiger partial charge on any atom is -0.352 e. The third-order valence-corrected chi connectivity index (χ3v) is 6.91. The number of nitrogens with zero attached hydrogens (tertiary/aromatic N) is 1. The van der Waals surface area contributed by atoms with Crippen LogP contribution in [0, 0.1) is 5.92 Å². The zero-order chi connectivity index (χ0) is 22.4. The van der Waals surface area contributed by atoms with Crippen LogP contribution < -0.4 is 10.6 Å². The van der Waals surface area contributed by atoms with Gasteiger partial charge in [0.15, 0.2) is 0 Å². The smallest absolute Gasteiger partial charge is 0.263 e. The van der Waals surface area contributed by atoms with Gasteiger partial charge in [-0.1, -0.05) is 36.7 Å². The standard InChI is InChI=1S/C23H28ClN3O3S/c1-3-15(2)25-22(29)20(26-21(28)17-7-4-5-8-18(17)24)16-10-12-27(13-11-16)23(30)19-9-6-14-31-19/h4-9,14-16,20H,3,10-13H2,1-2H3,(H,25,29)(H,26,28)/t15-,20+/m0/s1. The van der Waals surface area contributed by atoms with E-state index in [1.54, 1.807) is 24.3 Å². The highest BCUT2D eigenvalue weighted by Crippen LogP contribution is 2.24. The highest BCUT2D eigenvalue weighted by atomic mass is 35.5. The fourth-order valence-corrected chi connectivity index (χ4v) is 4.60. The SMILES string of the molecule is CC[C@H](C)NC(=O)[C@H](NC(=O)c1ccccc1Cl)C1CCN(C(=O)c2cccs2)CC1. The Kier molecular flexibility index (Phi) is 8.09. The molecule has 2 heterocycles. The van der Waals surface area contributed by atoms with Gasteiger partial charge >= 0.3 is 0 Å². The summed E-state index contributed by atoms with van der Waals surface area (Å²) in [5, 5.41) is 8.13. The summed E-state index contributed by atoms with van der Waals surface area (Å²) >= 11 is 7.60. The number of piperidine rings is 1. The highest BCUT2D eigenvalue weighted by molar-refractivity contribution is 7.12. The van der Waals surface area contributed by atoms with Crippen molar-refractivity contribution in [3.63, 3.8) is 0 Å². The summed E-state index contributed by atoms with van der Waals surface area (Å²) in [4.78, 5) is 41.1. The van der Waals surface area contributed by atoms with Gasteiger partial charge in [0, 0.05) is 19.1 Å². The maximum atomic E-state index is 13.0. The van der Waals surface area contributed by atoms with Crippen molar-refractivity contribution < 1.29 is 14.4 Å². The Morgan fingerprint density at radius 1 is 1.13 bits per heavy atom. The molecule has 1 fully saturated rings. The first-order valence-electron chi connectivity index (χ1n) is 10.6. The molecule has 8 heteroatoms. The van der Waals surface area contributed by atoms with Crippen LogP contribution in [0.4, 0.5) is 0 Å². The minimum absolute atomic E-state index is 0.00714. The van der Waals surface area contributed by atoms with Crippen molar-refractivity contribution in [3.05, 3.63) is 57.2 Å². The molecule has 0 spiro atoms. The average molecular weight is 462 g/mol. The number of thiophene rings is 1. The molecule has 3 rings (SSSR count). The van der Waals surface area contributed by atoms with Crippen molar-refractivity contribution in [2.45, 2.75) is 45.2 Å². The molecule has 1 aromatic heterocycles. The Bertz CT molecular complexity index is 911. The van der Waals surface area contributed by atoms with E-state index in [9.17, 15) is 14.4 Å². The van der Waals surface area contributed by atoms with Crippen molar-refractivity contribution in [2.75, 3.05) is 13.1 Å². The molecule has 1 aliphatic heterocycles. The molecule has 0 radical (unpaired) electrons. The molecule has 1 aliphatic rings. The number of amides is 3. The van der Waals surface area contributed by atoms with Crippen LogP contribution in [-0.2, 0) is 4.79 Å². The maximum absolute atomic E-state index is 13.0. The van der Waals surface area contributed by atoms with Crippen molar-refractivity contribution in [3.8, 4) is 0 Å². The van der Waals surface area contributed by atoms with E-state index in [2.05, 4.69) is 10.6 Å². The van der Waals surface area contributed by atoms with Gasteiger partial charge in [-0.2, -0.15) is 0 Å². The Balaban J connectivity index is 1.71. The summed E-state index contributed by atoms with van der Waals surface area (Å²) in [5.41, 5.74) is 0.343. The van der Waals surface area contributed by atoms with E-state index in [-0.39, 0.29) is 29.7 Å². The van der Waals surface area contributed by atoms with Crippen LogP contribution in [0.1, 0.15) is 53.1 Å². The largest absolute Gasteiger partial charge is 0.352 e. The summed E-state index contributed by atoms with van der Waals surface area (Å²) < 4.78 is 0. The molecule has 3 amide bonds. The zero-order valence-electron chi connectivity index (χ0n) is 17.8. The molecule has 0 aliphatic carbocycles. The van der Waals surface area contributed by atoms with Crippen molar-refractivity contribution in [2.24, 2.45) is 5.92 Å². The molecule has 6 nitrogen and oxygen atoms in total. The molecule has 2 aromatic rings. The molecule has 31 heavy (non-hydrogen) atoms. The first kappa shape index (κ1) is 23.3. The fourth-order valence-electron chi connectivity index (χ4n) is 3.69. The number of hydrogen-bond acceptors (Lipinski definition) is 4. The lowest BCUT2D eigenvalue weighted by Gasteiger charge is -2.36. The number of halogens is 1. The van der Waals surface area contributed by atoms with E-state index in [0.717, 1.165) is 11.3 Å². The second-order valence-electron chi connectivity index (χ2n) is 7.86. The number of nitrogens with one attached hydrogen (secondary N) is 2. The van der Waals surface area contributed by atoms with Crippen LogP contribution in [0.25, 0.3) is 0 Å². The highest BCUT2D eigenvalue weighted by Gasteiger charge is 2.35.